The van der Waals surface area contributed by atoms with Crippen molar-refractivity contribution < 1.29 is 33.2 Å². The number of benzene rings is 5. The van der Waals surface area contributed by atoms with Crippen molar-refractivity contribution in [2.75, 3.05) is 19.8 Å². The molecule has 4 aliphatic carbocycles. The van der Waals surface area contributed by atoms with Crippen molar-refractivity contribution in [3.8, 4) is 0 Å². The van der Waals surface area contributed by atoms with E-state index in [0.29, 0.717) is 38.3 Å². The minimum atomic E-state index is -0.656. The zero-order valence-electron chi connectivity index (χ0n) is 39.0. The average Bonchev–Trinajstić information content (AvgIpc) is 3.36. The Balaban J connectivity index is 1.00. The number of allylic oxidation sites excluding steroid dienone is 1. The van der Waals surface area contributed by atoms with E-state index in [2.05, 4.69) is 60.7 Å². The van der Waals surface area contributed by atoms with E-state index in [4.69, 9.17) is 28.4 Å². The molecule has 5 aromatic rings. The van der Waals surface area contributed by atoms with Gasteiger partial charge in [0.25, 0.3) is 0 Å². The summed E-state index contributed by atoms with van der Waals surface area (Å²) in [5.74, 6) is 2.78. The van der Waals surface area contributed by atoms with Crippen LogP contribution >= 0.6 is 0 Å². The van der Waals surface area contributed by atoms with Crippen molar-refractivity contribution in [3.63, 3.8) is 0 Å². The maximum atomic E-state index is 15.0. The van der Waals surface area contributed by atoms with E-state index >= 15 is 4.79 Å². The molecule has 5 fully saturated rings. The second-order valence-corrected chi connectivity index (χ2v) is 19.7. The molecule has 67 heavy (non-hydrogen) atoms. The van der Waals surface area contributed by atoms with Crippen LogP contribution < -0.4 is 0 Å². The third-order valence-corrected chi connectivity index (χ3v) is 14.6. The number of carbonyl (C=O) groups excluding carboxylic acids is 1. The molecule has 1 heterocycles. The van der Waals surface area contributed by atoms with Crippen molar-refractivity contribution in [2.45, 2.75) is 121 Å². The number of unbranched alkanes of at least 4 members (excludes halogenated alkanes) is 1. The predicted octanol–water partition coefficient (Wildman–Crippen LogP) is 12.3. The summed E-state index contributed by atoms with van der Waals surface area (Å²) in [6, 6.07) is 49.4. The molecule has 10 rings (SSSR count). The van der Waals surface area contributed by atoms with Crippen molar-refractivity contribution in [3.05, 3.63) is 192 Å². The quantitative estimate of drug-likeness (QED) is 0.0477. The highest BCUT2D eigenvalue weighted by atomic mass is 16.6. The summed E-state index contributed by atoms with van der Waals surface area (Å²) in [7, 11) is 0. The Bertz CT molecular complexity index is 2210. The van der Waals surface area contributed by atoms with Gasteiger partial charge in [0.1, 0.15) is 24.9 Å². The van der Waals surface area contributed by atoms with Crippen LogP contribution in [0, 0.1) is 23.2 Å². The van der Waals surface area contributed by atoms with Gasteiger partial charge in [0.15, 0.2) is 0 Å². The van der Waals surface area contributed by atoms with E-state index in [9.17, 15) is 0 Å². The second-order valence-electron chi connectivity index (χ2n) is 19.7. The molecule has 0 N–H and O–H groups in total. The average molecular weight is 904 g/mol. The van der Waals surface area contributed by atoms with Gasteiger partial charge in [-0.25, -0.2) is 4.79 Å². The molecule has 0 unspecified atom stereocenters. The van der Waals surface area contributed by atoms with E-state index in [0.717, 1.165) is 71.6 Å². The molecule has 0 aromatic heterocycles. The van der Waals surface area contributed by atoms with Crippen LogP contribution in [0.1, 0.15) is 85.6 Å². The first-order valence-corrected chi connectivity index (χ1v) is 24.9. The number of amides is 1. The Morgan fingerprint density at radius 1 is 0.507 bits per heavy atom. The molecule has 0 spiro atoms. The first kappa shape index (κ1) is 47.0. The third kappa shape index (κ3) is 12.9. The molecule has 352 valence electrons. The molecule has 4 saturated carbocycles. The molecule has 0 radical (unpaired) electrons. The van der Waals surface area contributed by atoms with Crippen molar-refractivity contribution in [1.82, 2.24) is 4.90 Å². The largest absolute Gasteiger partial charge is 0.445 e. The number of piperidine rings is 1. The zero-order chi connectivity index (χ0) is 45.5. The van der Waals surface area contributed by atoms with Crippen LogP contribution in [-0.4, -0.2) is 61.2 Å². The number of hydrogen-bond donors (Lipinski definition) is 0. The van der Waals surface area contributed by atoms with E-state index in [1.54, 1.807) is 0 Å². The Hall–Kier alpha value is -5.09. The lowest BCUT2D eigenvalue weighted by molar-refractivity contribution is -0.222. The summed E-state index contributed by atoms with van der Waals surface area (Å²) in [6.07, 6.45) is 12.9. The molecule has 4 bridgehead atoms. The number of likely N-dealkylation sites (tertiary alicyclic amines) is 1. The summed E-state index contributed by atoms with van der Waals surface area (Å²) in [5, 5.41) is 0. The highest BCUT2D eigenvalue weighted by molar-refractivity contribution is 5.69. The van der Waals surface area contributed by atoms with Gasteiger partial charge in [-0.05, 0) is 109 Å². The molecule has 5 aromatic carbocycles. The second kappa shape index (κ2) is 23.8. The maximum Gasteiger partial charge on any atom is 0.410 e. The SMILES string of the molecule is O=C(OCc1ccccc1)N1[C@H](C/C=C/CCCOCC23CC4CC(CC(C4)C2)C3)[C@H](OCc2ccccc2)[C@@H](OCc2ccccc2)[C@H](OCc2ccccc2)[C@H]1COCc1ccccc1. The molecule has 5 aliphatic rings. The number of ether oxygens (including phenoxy) is 6. The van der Waals surface area contributed by atoms with Gasteiger partial charge >= 0.3 is 6.09 Å². The van der Waals surface area contributed by atoms with E-state index in [1.165, 1.54) is 38.5 Å². The summed E-state index contributed by atoms with van der Waals surface area (Å²) in [5.41, 5.74) is 5.45. The lowest BCUT2D eigenvalue weighted by atomic mass is 9.50. The van der Waals surface area contributed by atoms with Crippen molar-refractivity contribution in [2.24, 2.45) is 23.2 Å². The molecular formula is C59H69NO7. The van der Waals surface area contributed by atoms with E-state index in [-0.39, 0.29) is 13.2 Å². The lowest BCUT2D eigenvalue weighted by Crippen LogP contribution is -2.70. The fourth-order valence-electron chi connectivity index (χ4n) is 11.9. The molecular weight excluding hydrogens is 835 g/mol. The van der Waals surface area contributed by atoms with Crippen LogP contribution in [0.4, 0.5) is 4.79 Å². The Labute approximate surface area is 398 Å². The number of nitrogens with zero attached hydrogens (tertiary/aromatic N) is 1. The Morgan fingerprint density at radius 2 is 0.940 bits per heavy atom. The fourth-order valence-corrected chi connectivity index (χ4v) is 11.9. The minimum Gasteiger partial charge on any atom is -0.445 e. The van der Waals surface area contributed by atoms with Gasteiger partial charge in [0, 0.05) is 6.61 Å². The van der Waals surface area contributed by atoms with Crippen LogP contribution in [0.2, 0.25) is 0 Å². The van der Waals surface area contributed by atoms with Gasteiger partial charge < -0.3 is 28.4 Å². The highest BCUT2D eigenvalue weighted by Crippen LogP contribution is 2.60. The predicted molar refractivity (Wildman–Crippen MR) is 262 cm³/mol. The lowest BCUT2D eigenvalue weighted by Gasteiger charge is -2.56. The van der Waals surface area contributed by atoms with Crippen LogP contribution in [0.3, 0.4) is 0 Å². The Kier molecular flexibility index (Phi) is 16.7. The summed E-state index contributed by atoms with van der Waals surface area (Å²) in [4.78, 5) is 16.9. The highest BCUT2D eigenvalue weighted by Gasteiger charge is 2.54. The summed E-state index contributed by atoms with van der Waals surface area (Å²) >= 11 is 0. The topological polar surface area (TPSA) is 75.7 Å². The summed E-state index contributed by atoms with van der Waals surface area (Å²) in [6.45, 7) is 3.32. The zero-order valence-corrected chi connectivity index (χ0v) is 39.0. The maximum absolute atomic E-state index is 15.0. The monoisotopic (exact) mass is 904 g/mol. The molecule has 8 nitrogen and oxygen atoms in total. The molecule has 1 aliphatic heterocycles. The smallest absolute Gasteiger partial charge is 0.410 e. The number of carbonyl (C=O) groups is 1. The molecule has 1 amide bonds. The number of hydrogen-bond acceptors (Lipinski definition) is 7. The number of rotatable bonds is 23. The van der Waals surface area contributed by atoms with Gasteiger partial charge in [-0.3, -0.25) is 4.90 Å². The normalized spacial score (nSPS) is 26.5. The van der Waals surface area contributed by atoms with Gasteiger partial charge in [-0.15, -0.1) is 0 Å². The fraction of sp³-hybridized carbons (Fsp3) is 0.441. The van der Waals surface area contributed by atoms with Crippen molar-refractivity contribution in [1.29, 1.82) is 0 Å². The van der Waals surface area contributed by atoms with Crippen LogP contribution in [0.25, 0.3) is 0 Å². The standard InChI is InChI=1S/C59H69NO7/c61-58(67-42-49-28-16-7-17-29-49)60-53(30-18-1-2-19-31-62-44-59-35-50-32-51(36-59)34-52(33-50)37-59)55(64-39-46-22-10-4-11-23-46)57(66-41-48-26-14-6-15-27-48)56(65-40-47-24-12-5-13-25-47)54(60)43-63-38-45-20-8-3-9-21-45/h1,3-18,20-29,50-57H,2,19,30-44H2/b18-1+/t50?,51?,52?,53-,54-,55+,56-,57-,59?/m1/s1. The first-order valence-electron chi connectivity index (χ1n) is 24.9. The van der Waals surface area contributed by atoms with Gasteiger partial charge in [0.2, 0.25) is 0 Å². The molecule has 1 saturated heterocycles. The Morgan fingerprint density at radius 3 is 1.43 bits per heavy atom. The molecule has 5 atom stereocenters. The van der Waals surface area contributed by atoms with E-state index in [1.807, 2.05) is 108 Å². The van der Waals surface area contributed by atoms with Crippen molar-refractivity contribution >= 4 is 6.09 Å². The summed E-state index contributed by atoms with van der Waals surface area (Å²) < 4.78 is 40.6. The first-order chi connectivity index (χ1) is 33.1. The van der Waals surface area contributed by atoms with Gasteiger partial charge in [0.05, 0.1) is 51.7 Å². The van der Waals surface area contributed by atoms with Gasteiger partial charge in [-0.1, -0.05) is 164 Å². The third-order valence-electron chi connectivity index (χ3n) is 14.6. The molecule has 8 heteroatoms. The van der Waals surface area contributed by atoms with Crippen LogP contribution in [0.5, 0.6) is 0 Å². The van der Waals surface area contributed by atoms with Crippen LogP contribution in [0.15, 0.2) is 164 Å². The van der Waals surface area contributed by atoms with Gasteiger partial charge in [-0.2, -0.15) is 0 Å². The van der Waals surface area contributed by atoms with Crippen LogP contribution in [-0.2, 0) is 61.5 Å². The van der Waals surface area contributed by atoms with E-state index < -0.39 is 36.5 Å². The minimum absolute atomic E-state index is 0.124.